The van der Waals surface area contributed by atoms with E-state index in [1.807, 2.05) is 0 Å². The Hall–Kier alpha value is -0.570. The van der Waals surface area contributed by atoms with E-state index in [-0.39, 0.29) is 17.9 Å². The van der Waals surface area contributed by atoms with Gasteiger partial charge in [0.25, 0.3) is 0 Å². The fraction of sp³-hybridized carbons (Fsp3) is 0.941. The van der Waals surface area contributed by atoms with Gasteiger partial charge >= 0.3 is 0 Å². The van der Waals surface area contributed by atoms with Crippen molar-refractivity contribution in [3.05, 3.63) is 0 Å². The fourth-order valence-corrected chi connectivity index (χ4v) is 3.70. The second-order valence-electron chi connectivity index (χ2n) is 6.91. The molecule has 2 unspecified atom stereocenters. The first kappa shape index (κ1) is 15.8. The van der Waals surface area contributed by atoms with Gasteiger partial charge in [0.15, 0.2) is 0 Å². The number of nitrogens with two attached hydrogens (primary N) is 1. The molecule has 2 aliphatic rings. The standard InChI is InChI=1S/C17H32N2O/c1-2-6-15(11-13-7-4-3-5-8-13)17(20)19-16(12-18)14-9-10-14/h13-16H,2-12,18H2,1H3,(H,19,20). The quantitative estimate of drug-likeness (QED) is 0.717. The van der Waals surface area contributed by atoms with Crippen molar-refractivity contribution < 1.29 is 4.79 Å². The Balaban J connectivity index is 1.83. The lowest BCUT2D eigenvalue weighted by Gasteiger charge is -2.27. The summed E-state index contributed by atoms with van der Waals surface area (Å²) in [5, 5.41) is 3.24. The van der Waals surface area contributed by atoms with Crippen molar-refractivity contribution in [2.24, 2.45) is 23.5 Å². The molecule has 0 saturated heterocycles. The van der Waals surface area contributed by atoms with Crippen LogP contribution in [-0.4, -0.2) is 18.5 Å². The van der Waals surface area contributed by atoms with Crippen LogP contribution >= 0.6 is 0 Å². The fourth-order valence-electron chi connectivity index (χ4n) is 3.70. The largest absolute Gasteiger partial charge is 0.352 e. The zero-order valence-electron chi connectivity index (χ0n) is 13.1. The van der Waals surface area contributed by atoms with Gasteiger partial charge in [0.1, 0.15) is 0 Å². The Labute approximate surface area is 124 Å². The molecule has 0 aliphatic heterocycles. The van der Waals surface area contributed by atoms with Gasteiger partial charge in [-0.15, -0.1) is 0 Å². The number of nitrogens with one attached hydrogen (secondary N) is 1. The van der Waals surface area contributed by atoms with Crippen LogP contribution in [0.4, 0.5) is 0 Å². The lowest BCUT2D eigenvalue weighted by Crippen LogP contribution is -2.44. The molecular weight excluding hydrogens is 248 g/mol. The third kappa shape index (κ3) is 4.76. The van der Waals surface area contributed by atoms with E-state index in [0.29, 0.717) is 12.5 Å². The smallest absolute Gasteiger partial charge is 0.223 e. The summed E-state index contributed by atoms with van der Waals surface area (Å²) >= 11 is 0. The summed E-state index contributed by atoms with van der Waals surface area (Å²) < 4.78 is 0. The number of carbonyl (C=O) groups is 1. The molecule has 0 bridgehead atoms. The highest BCUT2D eigenvalue weighted by atomic mass is 16.1. The maximum absolute atomic E-state index is 12.5. The summed E-state index contributed by atoms with van der Waals surface area (Å²) in [5.41, 5.74) is 5.81. The summed E-state index contributed by atoms with van der Waals surface area (Å²) in [6.45, 7) is 2.78. The summed E-state index contributed by atoms with van der Waals surface area (Å²) in [7, 11) is 0. The van der Waals surface area contributed by atoms with Crippen LogP contribution < -0.4 is 11.1 Å². The molecule has 2 fully saturated rings. The number of hydrogen-bond donors (Lipinski definition) is 2. The van der Waals surface area contributed by atoms with Crippen molar-refractivity contribution in [1.29, 1.82) is 0 Å². The van der Waals surface area contributed by atoms with Crippen LogP contribution in [0.15, 0.2) is 0 Å². The Morgan fingerprint density at radius 2 is 1.90 bits per heavy atom. The molecule has 20 heavy (non-hydrogen) atoms. The van der Waals surface area contributed by atoms with E-state index in [4.69, 9.17) is 5.73 Å². The van der Waals surface area contributed by atoms with Gasteiger partial charge in [-0.2, -0.15) is 0 Å². The van der Waals surface area contributed by atoms with Gasteiger partial charge in [-0.3, -0.25) is 4.79 Å². The minimum Gasteiger partial charge on any atom is -0.352 e. The van der Waals surface area contributed by atoms with Crippen LogP contribution in [0.2, 0.25) is 0 Å². The summed E-state index contributed by atoms with van der Waals surface area (Å²) in [6, 6.07) is 0.230. The van der Waals surface area contributed by atoms with E-state index in [0.717, 1.165) is 25.2 Å². The Kier molecular flexibility index (Phi) is 6.34. The van der Waals surface area contributed by atoms with Gasteiger partial charge < -0.3 is 11.1 Å². The summed E-state index contributed by atoms with van der Waals surface area (Å²) in [5.74, 6) is 1.93. The molecular formula is C17H32N2O. The normalized spacial score (nSPS) is 23.3. The van der Waals surface area contributed by atoms with Crippen molar-refractivity contribution in [1.82, 2.24) is 5.32 Å². The number of hydrogen-bond acceptors (Lipinski definition) is 2. The predicted octanol–water partition coefficient (Wildman–Crippen LogP) is 3.23. The third-order valence-corrected chi connectivity index (χ3v) is 5.12. The molecule has 0 aromatic heterocycles. The average molecular weight is 280 g/mol. The molecule has 0 radical (unpaired) electrons. The molecule has 2 aliphatic carbocycles. The van der Waals surface area contributed by atoms with E-state index < -0.39 is 0 Å². The topological polar surface area (TPSA) is 55.1 Å². The lowest BCUT2D eigenvalue weighted by molar-refractivity contribution is -0.126. The first-order valence-electron chi connectivity index (χ1n) is 8.75. The van der Waals surface area contributed by atoms with Crippen molar-refractivity contribution in [3.63, 3.8) is 0 Å². The highest BCUT2D eigenvalue weighted by molar-refractivity contribution is 5.79. The maximum atomic E-state index is 12.5. The van der Waals surface area contributed by atoms with Crippen LogP contribution in [0.25, 0.3) is 0 Å². The zero-order valence-corrected chi connectivity index (χ0v) is 13.1. The van der Waals surface area contributed by atoms with Crippen molar-refractivity contribution >= 4 is 5.91 Å². The van der Waals surface area contributed by atoms with E-state index >= 15 is 0 Å². The van der Waals surface area contributed by atoms with Gasteiger partial charge in [-0.05, 0) is 37.5 Å². The highest BCUT2D eigenvalue weighted by Gasteiger charge is 2.33. The van der Waals surface area contributed by atoms with Crippen LogP contribution in [0.5, 0.6) is 0 Å². The highest BCUT2D eigenvalue weighted by Crippen LogP contribution is 2.33. The van der Waals surface area contributed by atoms with Crippen LogP contribution in [0.1, 0.15) is 71.1 Å². The first-order chi connectivity index (χ1) is 9.74. The minimum atomic E-state index is 0.218. The number of rotatable bonds is 8. The predicted molar refractivity (Wildman–Crippen MR) is 83.3 cm³/mol. The monoisotopic (exact) mass is 280 g/mol. The molecule has 3 nitrogen and oxygen atoms in total. The molecule has 3 heteroatoms. The van der Waals surface area contributed by atoms with Crippen LogP contribution in [0, 0.1) is 17.8 Å². The molecule has 2 rings (SSSR count). The molecule has 116 valence electrons. The van der Waals surface area contributed by atoms with Gasteiger partial charge in [0.05, 0.1) is 0 Å². The van der Waals surface area contributed by atoms with E-state index in [2.05, 4.69) is 12.2 Å². The molecule has 1 amide bonds. The van der Waals surface area contributed by atoms with Crippen molar-refractivity contribution in [2.75, 3.05) is 6.54 Å². The molecule has 0 aromatic carbocycles. The Morgan fingerprint density at radius 3 is 2.45 bits per heavy atom. The molecule has 0 heterocycles. The molecule has 0 aromatic rings. The summed E-state index contributed by atoms with van der Waals surface area (Å²) in [6.07, 6.45) is 12.5. The maximum Gasteiger partial charge on any atom is 0.223 e. The van der Waals surface area contributed by atoms with Crippen LogP contribution in [0.3, 0.4) is 0 Å². The average Bonchev–Trinajstić information content (AvgIpc) is 3.30. The molecule has 3 N–H and O–H groups in total. The lowest BCUT2D eigenvalue weighted by atomic mass is 9.81. The third-order valence-electron chi connectivity index (χ3n) is 5.12. The number of amides is 1. The number of carbonyl (C=O) groups excluding carboxylic acids is 1. The second kappa shape index (κ2) is 8.02. The second-order valence-corrected chi connectivity index (χ2v) is 6.91. The summed E-state index contributed by atoms with van der Waals surface area (Å²) in [4.78, 5) is 12.5. The van der Waals surface area contributed by atoms with E-state index in [9.17, 15) is 4.79 Å². The SMILES string of the molecule is CCCC(CC1CCCCC1)C(=O)NC(CN)C1CC1. The van der Waals surface area contributed by atoms with Gasteiger partial charge in [-0.1, -0.05) is 45.4 Å². The Bertz CT molecular complexity index is 295. The zero-order chi connectivity index (χ0) is 14.4. The molecule has 0 spiro atoms. The van der Waals surface area contributed by atoms with Crippen molar-refractivity contribution in [2.45, 2.75) is 77.2 Å². The van der Waals surface area contributed by atoms with Gasteiger partial charge in [0.2, 0.25) is 5.91 Å². The van der Waals surface area contributed by atoms with Gasteiger partial charge in [0, 0.05) is 18.5 Å². The van der Waals surface area contributed by atoms with E-state index in [1.165, 1.54) is 44.9 Å². The van der Waals surface area contributed by atoms with E-state index in [1.54, 1.807) is 0 Å². The van der Waals surface area contributed by atoms with Crippen LogP contribution in [-0.2, 0) is 4.79 Å². The first-order valence-corrected chi connectivity index (χ1v) is 8.75. The molecule has 2 saturated carbocycles. The molecule has 2 atom stereocenters. The minimum absolute atomic E-state index is 0.218. The van der Waals surface area contributed by atoms with Gasteiger partial charge in [-0.25, -0.2) is 0 Å². The Morgan fingerprint density at radius 1 is 1.20 bits per heavy atom. The van der Waals surface area contributed by atoms with Crippen molar-refractivity contribution in [3.8, 4) is 0 Å².